The van der Waals surface area contributed by atoms with Gasteiger partial charge in [-0.15, -0.1) is 0 Å². The Balaban J connectivity index is 1.12. The third kappa shape index (κ3) is 7.79. The average molecular weight is 964 g/mol. The molecule has 0 fully saturated rings. The van der Waals surface area contributed by atoms with E-state index in [9.17, 15) is 0 Å². The Kier molecular flexibility index (Phi) is 10.7. The third-order valence-corrected chi connectivity index (χ3v) is 14.1. The molecule has 3 heterocycles. The fourth-order valence-electron chi connectivity index (χ4n) is 10.6. The van der Waals surface area contributed by atoms with Gasteiger partial charge in [-0.25, -0.2) is 15.0 Å². The van der Waals surface area contributed by atoms with Crippen molar-refractivity contribution in [2.75, 3.05) is 0 Å². The molecule has 0 spiro atoms. The molecular weight excluding hydrogens is 920 g/mol. The molecule has 0 N–H and O–H groups in total. The lowest BCUT2D eigenvalue weighted by Crippen LogP contribution is -2.08. The number of alkyl halides is 3. The first kappa shape index (κ1) is 44.5. The second kappa shape index (κ2) is 17.7. The highest BCUT2D eigenvalue weighted by Gasteiger charge is 2.33. The van der Waals surface area contributed by atoms with Gasteiger partial charge in [-0.3, -0.25) is 0 Å². The molecule has 13 rings (SSSR count). The lowest BCUT2D eigenvalue weighted by molar-refractivity contribution is -0.137. The van der Waals surface area contributed by atoms with Crippen molar-refractivity contribution in [3.8, 4) is 78.9 Å². The Hall–Kier alpha value is -9.40. The second-order valence-corrected chi connectivity index (χ2v) is 18.9. The number of hydrogen-bond acceptors (Lipinski definition) is 3. The highest BCUT2D eigenvalue weighted by molar-refractivity contribution is 6.13. The first-order valence-corrected chi connectivity index (χ1v) is 24.6. The summed E-state index contributed by atoms with van der Waals surface area (Å²) >= 11 is 0. The van der Waals surface area contributed by atoms with Gasteiger partial charge in [0.05, 0.1) is 39.0 Å². The van der Waals surface area contributed by atoms with Crippen LogP contribution >= 0.6 is 0 Å². The van der Waals surface area contributed by atoms with Gasteiger partial charge in [0.2, 0.25) is 0 Å². The van der Waals surface area contributed by atoms with E-state index < -0.39 is 11.7 Å². The molecular formula is C66H44F3N5. The maximum absolute atomic E-state index is 15.3. The maximum atomic E-state index is 15.3. The van der Waals surface area contributed by atoms with Crippen LogP contribution < -0.4 is 0 Å². The van der Waals surface area contributed by atoms with Crippen molar-refractivity contribution in [1.82, 2.24) is 24.1 Å². The van der Waals surface area contributed by atoms with Gasteiger partial charge in [-0.1, -0.05) is 175 Å². The number of fused-ring (bicyclic) bond motifs is 6. The minimum absolute atomic E-state index is 0.376. The number of nitrogens with zero attached hydrogens (tertiary/aromatic N) is 5. The van der Waals surface area contributed by atoms with Crippen LogP contribution in [0, 0.1) is 13.8 Å². The van der Waals surface area contributed by atoms with Gasteiger partial charge >= 0.3 is 6.18 Å². The summed E-state index contributed by atoms with van der Waals surface area (Å²) in [6, 6.07) is 75.7. The Bertz CT molecular complexity index is 4270. The zero-order valence-electron chi connectivity index (χ0n) is 40.3. The highest BCUT2D eigenvalue weighted by atomic mass is 19.4. The third-order valence-electron chi connectivity index (χ3n) is 14.1. The Labute approximate surface area is 425 Å². The van der Waals surface area contributed by atoms with E-state index in [1.807, 2.05) is 126 Å². The second-order valence-electron chi connectivity index (χ2n) is 18.9. The Morgan fingerprint density at radius 2 is 0.743 bits per heavy atom. The summed E-state index contributed by atoms with van der Waals surface area (Å²) in [7, 11) is 0. The monoisotopic (exact) mass is 963 g/mol. The van der Waals surface area contributed by atoms with E-state index in [0.29, 0.717) is 39.9 Å². The molecule has 0 amide bonds. The molecule has 0 radical (unpaired) electrons. The summed E-state index contributed by atoms with van der Waals surface area (Å²) < 4.78 is 50.1. The van der Waals surface area contributed by atoms with Crippen LogP contribution in [0.3, 0.4) is 0 Å². The van der Waals surface area contributed by atoms with E-state index in [1.165, 1.54) is 17.7 Å². The lowest BCUT2D eigenvalue weighted by Gasteiger charge is -2.21. The molecule has 5 nitrogen and oxygen atoms in total. The standard InChI is InChI=1S/C66H44F3N5/c1-41-15-13-21-45(35-41)47-27-32-59-54(37-47)51-23-9-11-25-57(51)73(59)60-34-29-49(65-71-63(43-17-5-3-6-18-43)70-64(72-65)44-19-7-4-8-20-44)39-56(60)53-31-30-50(66(67,68)69)40-62(53)74-58-26-12-10-24-52(58)55-38-48(28-33-61(55)74)46-22-14-16-42(2)36-46/h3-40H,1-2H3. The van der Waals surface area contributed by atoms with Gasteiger partial charge in [0.15, 0.2) is 17.5 Å². The minimum atomic E-state index is -4.64. The van der Waals surface area contributed by atoms with Gasteiger partial charge < -0.3 is 9.13 Å². The summed E-state index contributed by atoms with van der Waals surface area (Å²) in [5, 5.41) is 3.94. The van der Waals surface area contributed by atoms with E-state index in [4.69, 9.17) is 15.0 Å². The van der Waals surface area contributed by atoms with Crippen molar-refractivity contribution in [3.63, 3.8) is 0 Å². The predicted molar refractivity (Wildman–Crippen MR) is 296 cm³/mol. The molecule has 3 aromatic heterocycles. The maximum Gasteiger partial charge on any atom is 0.416 e. The van der Waals surface area contributed by atoms with Gasteiger partial charge in [-0.2, -0.15) is 13.2 Å². The van der Waals surface area contributed by atoms with Crippen LogP contribution in [0.4, 0.5) is 13.2 Å². The van der Waals surface area contributed by atoms with Crippen molar-refractivity contribution < 1.29 is 13.2 Å². The molecule has 0 bridgehead atoms. The molecule has 0 unspecified atom stereocenters. The normalized spacial score (nSPS) is 11.9. The first-order chi connectivity index (χ1) is 36.1. The van der Waals surface area contributed by atoms with Crippen LogP contribution in [0.25, 0.3) is 123 Å². The Morgan fingerprint density at radius 1 is 0.311 bits per heavy atom. The predicted octanol–water partition coefficient (Wildman–Crippen LogP) is 17.7. The minimum Gasteiger partial charge on any atom is -0.309 e. The molecule has 8 heteroatoms. The van der Waals surface area contributed by atoms with Crippen LogP contribution in [0.1, 0.15) is 16.7 Å². The van der Waals surface area contributed by atoms with Crippen molar-refractivity contribution in [3.05, 3.63) is 247 Å². The smallest absolute Gasteiger partial charge is 0.309 e. The molecule has 0 saturated heterocycles. The molecule has 0 aliphatic heterocycles. The lowest BCUT2D eigenvalue weighted by atomic mass is 9.96. The quantitative estimate of drug-likeness (QED) is 0.152. The van der Waals surface area contributed by atoms with Crippen LogP contribution in [0.2, 0.25) is 0 Å². The Morgan fingerprint density at radius 3 is 1.26 bits per heavy atom. The van der Waals surface area contributed by atoms with Gasteiger partial charge in [0, 0.05) is 49.4 Å². The summed E-state index contributed by atoms with van der Waals surface area (Å²) in [6.07, 6.45) is -4.64. The molecule has 0 aliphatic carbocycles. The first-order valence-electron chi connectivity index (χ1n) is 24.6. The summed E-state index contributed by atoms with van der Waals surface area (Å²) in [4.78, 5) is 15.2. The topological polar surface area (TPSA) is 48.5 Å². The van der Waals surface area contributed by atoms with Crippen molar-refractivity contribution >= 4 is 43.6 Å². The van der Waals surface area contributed by atoms with E-state index in [2.05, 4.69) is 109 Å². The number of rotatable bonds is 8. The number of para-hydroxylation sites is 2. The SMILES string of the molecule is Cc1cccc(-c2ccc3c(c2)c2ccccc2n3-c2ccc(-c3nc(-c4ccccc4)nc(-c4ccccc4)n3)cc2-c2ccc(C(F)(F)F)cc2-n2c3ccccc3c3cc(-c4cccc(C)c4)ccc32)c1. The molecule has 13 aromatic rings. The molecule has 74 heavy (non-hydrogen) atoms. The van der Waals surface area contributed by atoms with Gasteiger partial charge in [-0.05, 0) is 103 Å². The fraction of sp³-hybridized carbons (Fsp3) is 0.0455. The molecule has 0 saturated carbocycles. The van der Waals surface area contributed by atoms with Crippen LogP contribution in [0.5, 0.6) is 0 Å². The number of hydrogen-bond donors (Lipinski definition) is 0. The zero-order chi connectivity index (χ0) is 50.1. The van der Waals surface area contributed by atoms with E-state index in [0.717, 1.165) is 88.2 Å². The molecule has 354 valence electrons. The number of aromatic nitrogens is 5. The summed E-state index contributed by atoms with van der Waals surface area (Å²) in [5.41, 5.74) is 14.0. The summed E-state index contributed by atoms with van der Waals surface area (Å²) in [6.45, 7) is 4.16. The molecule has 0 atom stereocenters. The largest absolute Gasteiger partial charge is 0.416 e. The van der Waals surface area contributed by atoms with Crippen LogP contribution in [-0.2, 0) is 6.18 Å². The van der Waals surface area contributed by atoms with Crippen molar-refractivity contribution in [2.45, 2.75) is 20.0 Å². The average Bonchev–Trinajstić information content (AvgIpc) is 3.95. The van der Waals surface area contributed by atoms with Crippen molar-refractivity contribution in [2.24, 2.45) is 0 Å². The number of benzene rings is 10. The van der Waals surface area contributed by atoms with Gasteiger partial charge in [0.25, 0.3) is 0 Å². The van der Waals surface area contributed by atoms with Crippen LogP contribution in [0.15, 0.2) is 231 Å². The zero-order valence-corrected chi connectivity index (χ0v) is 40.3. The highest BCUT2D eigenvalue weighted by Crippen LogP contribution is 2.45. The van der Waals surface area contributed by atoms with E-state index in [-0.39, 0.29) is 0 Å². The molecule has 10 aromatic carbocycles. The number of aryl methyl sites for hydroxylation is 2. The number of halogens is 3. The van der Waals surface area contributed by atoms with Gasteiger partial charge in [0.1, 0.15) is 0 Å². The fourth-order valence-corrected chi connectivity index (χ4v) is 10.6. The van der Waals surface area contributed by atoms with E-state index in [1.54, 1.807) is 6.07 Å². The molecule has 0 aliphatic rings. The summed E-state index contributed by atoms with van der Waals surface area (Å²) in [5.74, 6) is 1.42. The van der Waals surface area contributed by atoms with Crippen LogP contribution in [-0.4, -0.2) is 24.1 Å². The van der Waals surface area contributed by atoms with E-state index >= 15 is 13.2 Å². The van der Waals surface area contributed by atoms with Crippen molar-refractivity contribution in [1.29, 1.82) is 0 Å².